The van der Waals surface area contributed by atoms with Crippen LogP contribution >= 0.6 is 37.9 Å². The number of carbonyl (C=O) groups excluding carboxylic acids is 3. The lowest BCUT2D eigenvalue weighted by molar-refractivity contribution is -0.151. The van der Waals surface area contributed by atoms with Crippen LogP contribution in [0.5, 0.6) is 0 Å². The molecule has 168 valence electrons. The Morgan fingerprint density at radius 2 is 0.833 bits per heavy atom. The SMILES string of the molecule is CC(OC(=O)CS)n1c(=O)n(C(C)OC(=O)CS)c(=O)n(C(C)OC(=O)CS)c1=O. The predicted octanol–water partition coefficient (Wildman–Crippen LogP) is -0.854. The van der Waals surface area contributed by atoms with Crippen molar-refractivity contribution in [2.45, 2.75) is 39.5 Å². The second-order valence-corrected chi connectivity index (χ2v) is 6.65. The Balaban J connectivity index is 3.76. The number of carbonyl (C=O) groups is 3. The Hall–Kier alpha value is -2.13. The van der Waals surface area contributed by atoms with E-state index >= 15 is 0 Å². The predicted molar refractivity (Wildman–Crippen MR) is 113 cm³/mol. The van der Waals surface area contributed by atoms with E-state index in [4.69, 9.17) is 14.2 Å². The van der Waals surface area contributed by atoms with Gasteiger partial charge in [0.05, 0.1) is 17.3 Å². The van der Waals surface area contributed by atoms with Crippen LogP contribution in [0.1, 0.15) is 39.5 Å². The fourth-order valence-electron chi connectivity index (χ4n) is 2.37. The van der Waals surface area contributed by atoms with E-state index in [1.54, 1.807) is 0 Å². The summed E-state index contributed by atoms with van der Waals surface area (Å²) in [6.45, 7) is 3.62. The minimum Gasteiger partial charge on any atom is -0.441 e. The maximum Gasteiger partial charge on any atom is 0.342 e. The molecule has 0 saturated carbocycles. The van der Waals surface area contributed by atoms with Crippen molar-refractivity contribution in [3.05, 3.63) is 31.5 Å². The Kier molecular flexibility index (Phi) is 9.77. The second kappa shape index (κ2) is 11.3. The first-order chi connectivity index (χ1) is 14.0. The van der Waals surface area contributed by atoms with Crippen LogP contribution in [0.4, 0.5) is 0 Å². The van der Waals surface area contributed by atoms with Crippen molar-refractivity contribution in [1.82, 2.24) is 13.7 Å². The third kappa shape index (κ3) is 5.95. The smallest absolute Gasteiger partial charge is 0.342 e. The van der Waals surface area contributed by atoms with Crippen molar-refractivity contribution >= 4 is 55.8 Å². The van der Waals surface area contributed by atoms with Gasteiger partial charge in [-0.15, -0.1) is 0 Å². The molecule has 0 aromatic carbocycles. The molecule has 1 rings (SSSR count). The number of nitrogens with zero attached hydrogens (tertiary/aromatic N) is 3. The van der Waals surface area contributed by atoms with Crippen molar-refractivity contribution < 1.29 is 28.6 Å². The van der Waals surface area contributed by atoms with Crippen LogP contribution in [0.3, 0.4) is 0 Å². The van der Waals surface area contributed by atoms with Gasteiger partial charge in [0.1, 0.15) is 0 Å². The zero-order valence-corrected chi connectivity index (χ0v) is 18.9. The van der Waals surface area contributed by atoms with Crippen LogP contribution in [0.25, 0.3) is 0 Å². The average molecular weight is 484 g/mol. The van der Waals surface area contributed by atoms with Crippen molar-refractivity contribution in [2.75, 3.05) is 17.3 Å². The zero-order valence-electron chi connectivity index (χ0n) is 16.2. The first-order valence-corrected chi connectivity index (χ1v) is 10.3. The molecule has 12 nitrogen and oxygen atoms in total. The molecule has 0 spiro atoms. The third-order valence-corrected chi connectivity index (χ3v) is 4.40. The number of esters is 3. The maximum atomic E-state index is 12.9. The molecule has 0 aliphatic carbocycles. The van der Waals surface area contributed by atoms with Gasteiger partial charge in [0.2, 0.25) is 0 Å². The Morgan fingerprint density at radius 3 is 1.00 bits per heavy atom. The van der Waals surface area contributed by atoms with Crippen molar-refractivity contribution in [1.29, 1.82) is 0 Å². The summed E-state index contributed by atoms with van der Waals surface area (Å²) in [4.78, 5) is 73.2. The normalized spacial score (nSPS) is 13.8. The topological polar surface area (TPSA) is 145 Å². The van der Waals surface area contributed by atoms with Gasteiger partial charge in [-0.3, -0.25) is 14.4 Å². The number of rotatable bonds is 9. The highest BCUT2D eigenvalue weighted by atomic mass is 32.1. The zero-order chi connectivity index (χ0) is 23.2. The summed E-state index contributed by atoms with van der Waals surface area (Å²) in [6, 6.07) is 0. The largest absolute Gasteiger partial charge is 0.441 e. The molecule has 0 amide bonds. The first-order valence-electron chi connectivity index (χ1n) is 8.40. The summed E-state index contributed by atoms with van der Waals surface area (Å²) < 4.78 is 16.2. The summed E-state index contributed by atoms with van der Waals surface area (Å²) in [5.74, 6) is -3.53. The molecule has 1 aromatic heterocycles. The summed E-state index contributed by atoms with van der Waals surface area (Å²) in [5.41, 5.74) is -3.64. The van der Waals surface area contributed by atoms with E-state index in [1.807, 2.05) is 0 Å². The summed E-state index contributed by atoms with van der Waals surface area (Å²) in [5, 5.41) is 0. The first kappa shape index (κ1) is 25.9. The van der Waals surface area contributed by atoms with Crippen molar-refractivity contribution in [2.24, 2.45) is 0 Å². The molecule has 30 heavy (non-hydrogen) atoms. The number of ether oxygens (including phenoxy) is 3. The van der Waals surface area contributed by atoms with Gasteiger partial charge in [0.25, 0.3) is 0 Å². The number of hydrogen-bond donors (Lipinski definition) is 3. The number of thiol groups is 3. The molecular formula is C15H21N3O9S3. The molecule has 0 aliphatic rings. The Morgan fingerprint density at radius 1 is 0.633 bits per heavy atom. The van der Waals surface area contributed by atoms with Crippen LogP contribution in [-0.2, 0) is 28.6 Å². The molecule has 0 saturated heterocycles. The van der Waals surface area contributed by atoms with Crippen LogP contribution < -0.4 is 17.1 Å². The van der Waals surface area contributed by atoms with Gasteiger partial charge >= 0.3 is 35.0 Å². The number of hydrogen-bond acceptors (Lipinski definition) is 12. The third-order valence-electron chi connectivity index (χ3n) is 3.62. The fourth-order valence-corrected chi connectivity index (χ4v) is 2.59. The molecule has 3 atom stereocenters. The standard InChI is InChI=1S/C15H21N3O9S3/c1-7(25-10(19)4-28)16-13(22)17(8(2)26-11(20)5-29)15(24)18(14(16)23)9(3)27-12(21)6-30/h7-9,28-30H,4-6H2,1-3H3. The van der Waals surface area contributed by atoms with Gasteiger partial charge < -0.3 is 14.2 Å². The quantitative estimate of drug-likeness (QED) is 0.232. The van der Waals surface area contributed by atoms with E-state index < -0.39 is 53.7 Å². The minimum absolute atomic E-state index is 0.334. The summed E-state index contributed by atoms with van der Waals surface area (Å²) in [6.07, 6.45) is -4.37. The number of aromatic nitrogens is 3. The van der Waals surface area contributed by atoms with Crippen LogP contribution in [0.2, 0.25) is 0 Å². The van der Waals surface area contributed by atoms with Crippen LogP contribution in [0.15, 0.2) is 14.4 Å². The highest BCUT2D eigenvalue weighted by Crippen LogP contribution is 2.08. The van der Waals surface area contributed by atoms with E-state index in [2.05, 4.69) is 37.9 Å². The van der Waals surface area contributed by atoms with E-state index in [1.165, 1.54) is 20.8 Å². The van der Waals surface area contributed by atoms with E-state index in [0.717, 1.165) is 0 Å². The van der Waals surface area contributed by atoms with Gasteiger partial charge in [-0.25, -0.2) is 28.1 Å². The molecule has 0 N–H and O–H groups in total. The van der Waals surface area contributed by atoms with Crippen LogP contribution in [0, 0.1) is 0 Å². The average Bonchev–Trinajstić information content (AvgIpc) is 2.67. The van der Waals surface area contributed by atoms with Gasteiger partial charge in [-0.1, -0.05) is 0 Å². The second-order valence-electron chi connectivity index (χ2n) is 5.70. The lowest BCUT2D eigenvalue weighted by Crippen LogP contribution is -2.57. The molecule has 0 radical (unpaired) electrons. The van der Waals surface area contributed by atoms with E-state index in [9.17, 15) is 28.8 Å². The molecule has 3 unspecified atom stereocenters. The maximum absolute atomic E-state index is 12.9. The molecule has 1 heterocycles. The van der Waals surface area contributed by atoms with E-state index in [0.29, 0.717) is 13.7 Å². The lowest BCUT2D eigenvalue weighted by Gasteiger charge is -2.23. The highest BCUT2D eigenvalue weighted by molar-refractivity contribution is 7.81. The summed E-state index contributed by atoms with van der Waals surface area (Å²) >= 11 is 11.2. The van der Waals surface area contributed by atoms with Gasteiger partial charge in [0.15, 0.2) is 18.7 Å². The van der Waals surface area contributed by atoms with Gasteiger partial charge in [-0.2, -0.15) is 37.9 Å². The van der Waals surface area contributed by atoms with Crippen LogP contribution in [-0.4, -0.2) is 48.9 Å². The van der Waals surface area contributed by atoms with Crippen molar-refractivity contribution in [3.63, 3.8) is 0 Å². The molecule has 0 fully saturated rings. The molecular weight excluding hydrogens is 462 g/mol. The Labute approximate surface area is 186 Å². The fraction of sp³-hybridized carbons (Fsp3) is 0.600. The monoisotopic (exact) mass is 483 g/mol. The van der Waals surface area contributed by atoms with E-state index in [-0.39, 0.29) is 17.3 Å². The highest BCUT2D eigenvalue weighted by Gasteiger charge is 2.28. The lowest BCUT2D eigenvalue weighted by atomic mass is 10.5. The molecule has 15 heteroatoms. The Bertz CT molecular complexity index is 830. The molecule has 1 aromatic rings. The van der Waals surface area contributed by atoms with Gasteiger partial charge in [-0.05, 0) is 20.8 Å². The molecule has 0 aliphatic heterocycles. The molecule has 0 bridgehead atoms. The van der Waals surface area contributed by atoms with Crippen molar-refractivity contribution in [3.8, 4) is 0 Å². The van der Waals surface area contributed by atoms with Gasteiger partial charge in [0, 0.05) is 0 Å². The summed E-state index contributed by atoms with van der Waals surface area (Å²) in [7, 11) is 0. The minimum atomic E-state index is -1.46.